The zero-order valence-corrected chi connectivity index (χ0v) is 14.5. The first-order valence-corrected chi connectivity index (χ1v) is 7.47. The largest absolute Gasteiger partial charge is 0.463 e. The van der Waals surface area contributed by atoms with Crippen LogP contribution in [0.2, 0.25) is 0 Å². The fourth-order valence-corrected chi connectivity index (χ4v) is 2.37. The Morgan fingerprint density at radius 1 is 0.885 bits per heavy atom. The van der Waals surface area contributed by atoms with Gasteiger partial charge in [-0.3, -0.25) is 29.3 Å². The maximum Gasteiger partial charge on any atom is 0.314 e. The average Bonchev–Trinajstić information content (AvgIpc) is 2.45. The van der Waals surface area contributed by atoms with Gasteiger partial charge in [0.25, 0.3) is 6.29 Å². The van der Waals surface area contributed by atoms with Crippen LogP contribution in [0, 0.1) is 10.1 Å². The molecule has 5 atom stereocenters. The van der Waals surface area contributed by atoms with Gasteiger partial charge in [-0.15, -0.1) is 0 Å². The second kappa shape index (κ2) is 9.08. The summed E-state index contributed by atoms with van der Waals surface area (Å²) < 4.78 is 24.9. The van der Waals surface area contributed by atoms with Gasteiger partial charge in [-0.25, -0.2) is 0 Å². The molecule has 0 aromatic rings. The van der Waals surface area contributed by atoms with Gasteiger partial charge in [0, 0.05) is 32.6 Å². The molecule has 0 aromatic carbocycles. The molecule has 1 aliphatic heterocycles. The van der Waals surface area contributed by atoms with Crippen LogP contribution in [0.3, 0.4) is 0 Å². The number of esters is 4. The molecule has 1 saturated heterocycles. The van der Waals surface area contributed by atoms with E-state index in [1.165, 1.54) is 0 Å². The predicted molar refractivity (Wildman–Crippen MR) is 79.0 cm³/mol. The van der Waals surface area contributed by atoms with Crippen molar-refractivity contribution in [3.8, 4) is 0 Å². The van der Waals surface area contributed by atoms with Crippen LogP contribution in [-0.2, 0) is 42.9 Å². The van der Waals surface area contributed by atoms with Crippen molar-refractivity contribution in [2.24, 2.45) is 0 Å². The standard InChI is InChI=1S/C14H19NO11/c1-6(16)22-5-10-12(23-7(2)17)13(24-8(3)18)11(15(20)21)14(26-10)25-9(4)19/h10-14H,5H2,1-4H3/t10-,11-,12-,13-,14-/m1/s1. The first-order valence-electron chi connectivity index (χ1n) is 7.47. The number of carbonyl (C=O) groups excluding carboxylic acids is 4. The van der Waals surface area contributed by atoms with Gasteiger partial charge >= 0.3 is 29.9 Å². The lowest BCUT2D eigenvalue weighted by Crippen LogP contribution is -2.64. The van der Waals surface area contributed by atoms with Crippen molar-refractivity contribution >= 4 is 23.9 Å². The van der Waals surface area contributed by atoms with Crippen molar-refractivity contribution < 1.29 is 47.8 Å². The van der Waals surface area contributed by atoms with E-state index in [1.54, 1.807) is 0 Å². The van der Waals surface area contributed by atoms with Gasteiger partial charge in [0.1, 0.15) is 12.7 Å². The molecule has 0 saturated carbocycles. The van der Waals surface area contributed by atoms with Gasteiger partial charge in [-0.05, 0) is 0 Å². The third kappa shape index (κ3) is 5.95. The van der Waals surface area contributed by atoms with Crippen molar-refractivity contribution in [1.29, 1.82) is 0 Å². The Hall–Kier alpha value is -2.76. The van der Waals surface area contributed by atoms with Crippen molar-refractivity contribution in [2.75, 3.05) is 6.61 Å². The van der Waals surface area contributed by atoms with Crippen molar-refractivity contribution in [1.82, 2.24) is 0 Å². The van der Waals surface area contributed by atoms with Gasteiger partial charge in [-0.2, -0.15) is 0 Å². The zero-order valence-electron chi connectivity index (χ0n) is 14.5. The molecule has 1 fully saturated rings. The lowest BCUT2D eigenvalue weighted by atomic mass is 9.96. The van der Waals surface area contributed by atoms with E-state index in [2.05, 4.69) is 0 Å². The van der Waals surface area contributed by atoms with E-state index >= 15 is 0 Å². The predicted octanol–water partition coefficient (Wildman–Crippen LogP) is -0.654. The molecule has 146 valence electrons. The molecule has 12 nitrogen and oxygen atoms in total. The number of hydrogen-bond acceptors (Lipinski definition) is 11. The van der Waals surface area contributed by atoms with Gasteiger partial charge in [0.2, 0.25) is 6.10 Å². The summed E-state index contributed by atoms with van der Waals surface area (Å²) >= 11 is 0. The minimum Gasteiger partial charge on any atom is -0.463 e. The van der Waals surface area contributed by atoms with Crippen LogP contribution in [-0.4, -0.2) is 66.1 Å². The summed E-state index contributed by atoms with van der Waals surface area (Å²) in [5.74, 6) is -3.31. The summed E-state index contributed by atoms with van der Waals surface area (Å²) in [5.41, 5.74) is 0. The number of hydrogen-bond donors (Lipinski definition) is 0. The van der Waals surface area contributed by atoms with E-state index in [9.17, 15) is 29.3 Å². The highest BCUT2D eigenvalue weighted by Gasteiger charge is 2.58. The van der Waals surface area contributed by atoms with Crippen LogP contribution in [0.15, 0.2) is 0 Å². The number of nitrogens with zero attached hydrogens (tertiary/aromatic N) is 1. The molecule has 26 heavy (non-hydrogen) atoms. The topological polar surface area (TPSA) is 158 Å². The Morgan fingerprint density at radius 3 is 1.81 bits per heavy atom. The molecule has 0 spiro atoms. The van der Waals surface area contributed by atoms with Gasteiger partial charge in [0.05, 0.1) is 0 Å². The average molecular weight is 377 g/mol. The highest BCUT2D eigenvalue weighted by Crippen LogP contribution is 2.29. The van der Waals surface area contributed by atoms with Crippen LogP contribution in [0.25, 0.3) is 0 Å². The number of carbonyl (C=O) groups is 4. The van der Waals surface area contributed by atoms with Crippen molar-refractivity contribution in [3.05, 3.63) is 10.1 Å². The Balaban J connectivity index is 3.28. The van der Waals surface area contributed by atoms with Crippen molar-refractivity contribution in [2.45, 2.75) is 58.3 Å². The fourth-order valence-electron chi connectivity index (χ4n) is 2.37. The van der Waals surface area contributed by atoms with E-state index in [1.807, 2.05) is 0 Å². The second-order valence-corrected chi connectivity index (χ2v) is 5.38. The van der Waals surface area contributed by atoms with E-state index in [0.717, 1.165) is 27.7 Å². The summed E-state index contributed by atoms with van der Waals surface area (Å²) in [6, 6.07) is -1.86. The number of ether oxygens (including phenoxy) is 5. The maximum absolute atomic E-state index is 11.5. The molecular formula is C14H19NO11. The Morgan fingerprint density at radius 2 is 1.38 bits per heavy atom. The molecule has 1 heterocycles. The zero-order chi connectivity index (χ0) is 20.0. The SMILES string of the molecule is CC(=O)OC[C@H]1O[C@@H](OC(C)=O)[C@H]([N+](=O)[O-])[C@@H](OC(C)=O)[C@@H]1OC(C)=O. The first kappa shape index (κ1) is 21.3. The second-order valence-electron chi connectivity index (χ2n) is 5.38. The summed E-state index contributed by atoms with van der Waals surface area (Å²) in [5, 5.41) is 11.5. The molecule has 0 aliphatic carbocycles. The summed E-state index contributed by atoms with van der Waals surface area (Å²) in [6.45, 7) is 3.66. The molecular weight excluding hydrogens is 358 g/mol. The van der Waals surface area contributed by atoms with Crippen LogP contribution < -0.4 is 0 Å². The molecule has 0 radical (unpaired) electrons. The monoisotopic (exact) mass is 377 g/mol. The van der Waals surface area contributed by atoms with Crippen molar-refractivity contribution in [3.63, 3.8) is 0 Å². The van der Waals surface area contributed by atoms with Gasteiger partial charge in [0.15, 0.2) is 6.10 Å². The van der Waals surface area contributed by atoms with E-state index < -0.39 is 66.1 Å². The van der Waals surface area contributed by atoms with E-state index in [-0.39, 0.29) is 0 Å². The van der Waals surface area contributed by atoms with Crippen LogP contribution in [0.5, 0.6) is 0 Å². The number of nitro groups is 1. The molecule has 0 unspecified atom stereocenters. The third-order valence-corrected chi connectivity index (χ3v) is 3.20. The van der Waals surface area contributed by atoms with Crippen LogP contribution in [0.4, 0.5) is 0 Å². The quantitative estimate of drug-likeness (QED) is 0.250. The molecule has 0 bridgehead atoms. The van der Waals surface area contributed by atoms with E-state index in [0.29, 0.717) is 0 Å². The normalized spacial score (nSPS) is 27.8. The molecule has 0 amide bonds. The lowest BCUT2D eigenvalue weighted by Gasteiger charge is -2.40. The fraction of sp³-hybridized carbons (Fsp3) is 0.714. The van der Waals surface area contributed by atoms with Crippen LogP contribution >= 0.6 is 0 Å². The summed E-state index contributed by atoms with van der Waals surface area (Å²) in [6.07, 6.45) is -6.12. The first-order chi connectivity index (χ1) is 12.0. The lowest BCUT2D eigenvalue weighted by molar-refractivity contribution is -0.571. The minimum atomic E-state index is -1.86. The summed E-state index contributed by atoms with van der Waals surface area (Å²) in [7, 11) is 0. The smallest absolute Gasteiger partial charge is 0.314 e. The molecule has 0 aromatic heterocycles. The highest BCUT2D eigenvalue weighted by atomic mass is 16.7. The molecule has 12 heteroatoms. The highest BCUT2D eigenvalue weighted by molar-refractivity contribution is 5.68. The Labute approximate surface area is 147 Å². The van der Waals surface area contributed by atoms with Crippen LogP contribution in [0.1, 0.15) is 27.7 Å². The Bertz CT molecular complexity index is 589. The van der Waals surface area contributed by atoms with Gasteiger partial charge < -0.3 is 23.7 Å². The molecule has 0 N–H and O–H groups in total. The summed E-state index contributed by atoms with van der Waals surface area (Å²) in [4.78, 5) is 55.6. The molecule has 1 aliphatic rings. The van der Waals surface area contributed by atoms with Gasteiger partial charge in [-0.1, -0.05) is 0 Å². The molecule has 1 rings (SSSR count). The number of rotatable bonds is 6. The maximum atomic E-state index is 11.5. The minimum absolute atomic E-state index is 0.479. The Kier molecular flexibility index (Phi) is 7.43. The third-order valence-electron chi connectivity index (χ3n) is 3.20. The van der Waals surface area contributed by atoms with E-state index in [4.69, 9.17) is 23.7 Å².